The third kappa shape index (κ3) is 2.99. The molecule has 186 valence electrons. The van der Waals surface area contributed by atoms with Gasteiger partial charge in [-0.25, -0.2) is 4.98 Å². The molecule has 0 atom stereocenters. The molecule has 5 nitrogen and oxygen atoms in total. The van der Waals surface area contributed by atoms with Crippen LogP contribution in [0.4, 0.5) is 22.7 Å². The van der Waals surface area contributed by atoms with Gasteiger partial charge in [-0.3, -0.25) is 9.55 Å². The van der Waals surface area contributed by atoms with Crippen molar-refractivity contribution in [2.24, 2.45) is 0 Å². The molecule has 0 radical (unpaired) electrons. The number of fused-ring (bicyclic) bond motifs is 7. The first-order valence-electron chi connectivity index (χ1n) is 13.5. The highest BCUT2D eigenvalue weighted by Gasteiger charge is 2.38. The monoisotopic (exact) mass is 511 g/mol. The Balaban J connectivity index is 1.35. The Morgan fingerprint density at radius 2 is 1.32 bits per heavy atom. The van der Waals surface area contributed by atoms with Gasteiger partial charge in [-0.1, -0.05) is 48.5 Å². The van der Waals surface area contributed by atoms with Gasteiger partial charge in [0.1, 0.15) is 5.82 Å². The van der Waals surface area contributed by atoms with E-state index in [1.807, 2.05) is 36.7 Å². The Kier molecular flexibility index (Phi) is 4.35. The molecule has 40 heavy (non-hydrogen) atoms. The third-order valence-electron chi connectivity index (χ3n) is 8.29. The summed E-state index contributed by atoms with van der Waals surface area (Å²) in [6, 6.07) is 38.6. The first-order chi connectivity index (χ1) is 19.8. The molecule has 0 saturated carbocycles. The standard InChI is InChI=1S/C34H22BN5/c1-2-12-31-22(8-1)23-19-30-25(20-32(23)40(31)33-13-4-6-17-37-33)35-24-18-21(26-9-3-5-16-36-26)14-15-27(24)38-28-10-7-11-29(39-30)34(28)35/h1-20,38-39H. The van der Waals surface area contributed by atoms with Gasteiger partial charge in [-0.05, 0) is 82.6 Å². The van der Waals surface area contributed by atoms with Gasteiger partial charge in [-0.15, -0.1) is 0 Å². The minimum absolute atomic E-state index is 0.0713. The topological polar surface area (TPSA) is 54.8 Å². The molecule has 7 aromatic rings. The lowest BCUT2D eigenvalue weighted by Crippen LogP contribution is -2.59. The molecule has 9 rings (SSSR count). The van der Waals surface area contributed by atoms with E-state index in [0.717, 1.165) is 50.9 Å². The molecular formula is C34H22BN5. The van der Waals surface area contributed by atoms with Crippen LogP contribution in [-0.4, -0.2) is 21.2 Å². The highest BCUT2D eigenvalue weighted by molar-refractivity contribution is 7.00. The van der Waals surface area contributed by atoms with Gasteiger partial charge >= 0.3 is 0 Å². The summed E-state index contributed by atoms with van der Waals surface area (Å²) in [6.07, 6.45) is 3.72. The van der Waals surface area contributed by atoms with Crippen LogP contribution in [-0.2, 0) is 0 Å². The Morgan fingerprint density at radius 1 is 0.550 bits per heavy atom. The summed E-state index contributed by atoms with van der Waals surface area (Å²) in [6.45, 7) is 0.0713. The van der Waals surface area contributed by atoms with Gasteiger partial charge in [-0.2, -0.15) is 0 Å². The molecule has 3 aromatic heterocycles. The SMILES string of the molecule is c1ccc(-c2ccc3c(c2)B2c4cc5c(cc4Nc4cccc(c42)N3)c2ccccc2n5-c2ccccn2)nc1. The van der Waals surface area contributed by atoms with Crippen molar-refractivity contribution in [1.29, 1.82) is 0 Å². The van der Waals surface area contributed by atoms with Gasteiger partial charge < -0.3 is 10.6 Å². The van der Waals surface area contributed by atoms with Crippen LogP contribution in [0.3, 0.4) is 0 Å². The fraction of sp³-hybridized carbons (Fsp3) is 0. The Labute approximate surface area is 231 Å². The van der Waals surface area contributed by atoms with Gasteiger partial charge in [0.25, 0.3) is 6.71 Å². The minimum atomic E-state index is 0.0713. The van der Waals surface area contributed by atoms with Gasteiger partial charge in [0.2, 0.25) is 0 Å². The lowest BCUT2D eigenvalue weighted by Gasteiger charge is -2.35. The molecule has 0 unspecified atom stereocenters. The zero-order valence-corrected chi connectivity index (χ0v) is 21.5. The van der Waals surface area contributed by atoms with Gasteiger partial charge in [0.15, 0.2) is 0 Å². The summed E-state index contributed by atoms with van der Waals surface area (Å²) >= 11 is 0. The maximum Gasteiger partial charge on any atom is 0.252 e. The molecule has 0 amide bonds. The zero-order chi connectivity index (χ0) is 26.2. The molecule has 2 N–H and O–H groups in total. The fourth-order valence-corrected chi connectivity index (χ4v) is 6.58. The second kappa shape index (κ2) is 8.07. The van der Waals surface area contributed by atoms with Crippen LogP contribution in [0.5, 0.6) is 0 Å². The molecular weight excluding hydrogens is 489 g/mol. The highest BCUT2D eigenvalue weighted by atomic mass is 15.1. The molecule has 4 aromatic carbocycles. The van der Waals surface area contributed by atoms with Crippen molar-refractivity contribution < 1.29 is 0 Å². The number of para-hydroxylation sites is 1. The van der Waals surface area contributed by atoms with Crippen molar-refractivity contribution in [1.82, 2.24) is 14.5 Å². The summed E-state index contributed by atoms with van der Waals surface area (Å²) in [4.78, 5) is 9.38. The largest absolute Gasteiger partial charge is 0.356 e. The van der Waals surface area contributed by atoms with Crippen molar-refractivity contribution in [2.45, 2.75) is 0 Å². The Bertz CT molecular complexity index is 2120. The lowest BCUT2D eigenvalue weighted by atomic mass is 9.33. The number of nitrogens with zero attached hydrogens (tertiary/aromatic N) is 3. The summed E-state index contributed by atoms with van der Waals surface area (Å²) in [5.41, 5.74) is 12.7. The van der Waals surface area contributed by atoms with E-state index in [1.165, 1.54) is 27.2 Å². The normalized spacial score (nSPS) is 12.8. The highest BCUT2D eigenvalue weighted by Crippen LogP contribution is 2.36. The van der Waals surface area contributed by atoms with E-state index < -0.39 is 0 Å². The number of hydrogen-bond donors (Lipinski definition) is 2. The van der Waals surface area contributed by atoms with E-state index in [0.29, 0.717) is 0 Å². The van der Waals surface area contributed by atoms with Crippen molar-refractivity contribution in [3.05, 3.63) is 122 Å². The van der Waals surface area contributed by atoms with Crippen LogP contribution in [0, 0.1) is 0 Å². The zero-order valence-electron chi connectivity index (χ0n) is 21.5. The van der Waals surface area contributed by atoms with Crippen LogP contribution < -0.4 is 27.0 Å². The van der Waals surface area contributed by atoms with E-state index in [2.05, 4.69) is 105 Å². The summed E-state index contributed by atoms with van der Waals surface area (Å²) < 4.78 is 2.29. The van der Waals surface area contributed by atoms with E-state index in [1.54, 1.807) is 0 Å². The van der Waals surface area contributed by atoms with Gasteiger partial charge in [0, 0.05) is 45.9 Å². The molecule has 0 bridgehead atoms. The average Bonchev–Trinajstić information content (AvgIpc) is 3.34. The first kappa shape index (κ1) is 21.6. The fourth-order valence-electron chi connectivity index (χ4n) is 6.58. The van der Waals surface area contributed by atoms with Crippen LogP contribution in [0.15, 0.2) is 122 Å². The summed E-state index contributed by atoms with van der Waals surface area (Å²) in [7, 11) is 0. The second-order valence-corrected chi connectivity index (χ2v) is 10.5. The van der Waals surface area contributed by atoms with Crippen LogP contribution in [0.2, 0.25) is 0 Å². The number of aromatic nitrogens is 3. The number of hydrogen-bond acceptors (Lipinski definition) is 4. The molecule has 5 heterocycles. The van der Waals surface area contributed by atoms with E-state index in [4.69, 9.17) is 4.98 Å². The minimum Gasteiger partial charge on any atom is -0.356 e. The third-order valence-corrected chi connectivity index (χ3v) is 8.29. The number of anilines is 4. The van der Waals surface area contributed by atoms with Crippen LogP contribution in [0.25, 0.3) is 38.9 Å². The molecule has 6 heteroatoms. The molecule has 0 fully saturated rings. The van der Waals surface area contributed by atoms with E-state index in [9.17, 15) is 0 Å². The molecule has 0 spiro atoms. The van der Waals surface area contributed by atoms with Crippen molar-refractivity contribution in [2.75, 3.05) is 10.6 Å². The lowest BCUT2D eigenvalue weighted by molar-refractivity contribution is 1.08. The van der Waals surface area contributed by atoms with E-state index in [-0.39, 0.29) is 6.71 Å². The van der Waals surface area contributed by atoms with Crippen molar-refractivity contribution in [3.8, 4) is 17.1 Å². The maximum atomic E-state index is 4.75. The van der Waals surface area contributed by atoms with Crippen LogP contribution in [0.1, 0.15) is 0 Å². The quantitative estimate of drug-likeness (QED) is 0.285. The number of benzene rings is 4. The smallest absolute Gasteiger partial charge is 0.252 e. The van der Waals surface area contributed by atoms with Gasteiger partial charge in [0.05, 0.1) is 16.7 Å². The second-order valence-electron chi connectivity index (χ2n) is 10.5. The molecule has 0 saturated heterocycles. The number of pyridine rings is 2. The molecule has 0 aliphatic carbocycles. The van der Waals surface area contributed by atoms with E-state index >= 15 is 0 Å². The predicted molar refractivity (Wildman–Crippen MR) is 166 cm³/mol. The van der Waals surface area contributed by atoms with Crippen molar-refractivity contribution >= 4 is 67.7 Å². The summed E-state index contributed by atoms with van der Waals surface area (Å²) in [5, 5.41) is 9.92. The predicted octanol–water partition coefficient (Wildman–Crippen LogP) is 5.87. The maximum absolute atomic E-state index is 4.75. The average molecular weight is 511 g/mol. The number of rotatable bonds is 2. The van der Waals surface area contributed by atoms with Crippen molar-refractivity contribution in [3.63, 3.8) is 0 Å². The Morgan fingerprint density at radius 3 is 2.15 bits per heavy atom. The molecule has 2 aliphatic rings. The number of nitrogens with one attached hydrogen (secondary N) is 2. The molecule has 2 aliphatic heterocycles. The first-order valence-corrected chi connectivity index (χ1v) is 13.5. The Hall–Kier alpha value is -5.36. The summed E-state index contributed by atoms with van der Waals surface area (Å²) in [5.74, 6) is 0.918. The van der Waals surface area contributed by atoms with Crippen LogP contribution >= 0.6 is 0 Å².